The van der Waals surface area contributed by atoms with Crippen molar-refractivity contribution < 1.29 is 9.84 Å². The molecular weight excluding hydrogens is 256 g/mol. The molecule has 1 aliphatic rings. The third-order valence-electron chi connectivity index (χ3n) is 3.49. The number of thiophene rings is 1. The van der Waals surface area contributed by atoms with Crippen molar-refractivity contribution in [1.82, 2.24) is 0 Å². The van der Waals surface area contributed by atoms with Crippen molar-refractivity contribution in [3.8, 4) is 0 Å². The highest BCUT2D eigenvalue weighted by Gasteiger charge is 2.41. The SMILES string of the molecule is CCOC1(C(O)c2ccc(Cl)s2)CCCCC1. The molecule has 0 radical (unpaired) electrons. The quantitative estimate of drug-likeness (QED) is 0.893. The maximum absolute atomic E-state index is 10.6. The van der Waals surface area contributed by atoms with Gasteiger partial charge in [0.2, 0.25) is 0 Å². The lowest BCUT2D eigenvalue weighted by atomic mass is 9.80. The molecule has 0 spiro atoms. The Bertz CT molecular complexity index is 353. The first-order valence-electron chi connectivity index (χ1n) is 6.25. The lowest BCUT2D eigenvalue weighted by Crippen LogP contribution is -2.41. The molecule has 1 atom stereocenters. The van der Waals surface area contributed by atoms with Gasteiger partial charge in [0.05, 0.1) is 9.94 Å². The van der Waals surface area contributed by atoms with Crippen LogP contribution in [0.4, 0.5) is 0 Å². The molecule has 2 rings (SSSR count). The molecular formula is C13H19ClO2S. The second-order valence-corrected chi connectivity index (χ2v) is 6.35. The Morgan fingerprint density at radius 3 is 2.65 bits per heavy atom. The first-order valence-corrected chi connectivity index (χ1v) is 7.44. The minimum Gasteiger partial charge on any atom is -0.385 e. The highest BCUT2D eigenvalue weighted by molar-refractivity contribution is 7.16. The Kier molecular flexibility index (Phi) is 4.47. The zero-order valence-corrected chi connectivity index (χ0v) is 11.7. The number of aliphatic hydroxyl groups excluding tert-OH is 1. The van der Waals surface area contributed by atoms with Crippen LogP contribution in [0, 0.1) is 0 Å². The van der Waals surface area contributed by atoms with Crippen LogP contribution in [0.15, 0.2) is 12.1 Å². The molecule has 0 amide bonds. The van der Waals surface area contributed by atoms with Gasteiger partial charge in [-0.2, -0.15) is 0 Å². The summed E-state index contributed by atoms with van der Waals surface area (Å²) in [5.41, 5.74) is -0.388. The van der Waals surface area contributed by atoms with Crippen LogP contribution in [0.5, 0.6) is 0 Å². The van der Waals surface area contributed by atoms with Gasteiger partial charge in [-0.1, -0.05) is 30.9 Å². The average Bonchev–Trinajstić information content (AvgIpc) is 2.76. The lowest BCUT2D eigenvalue weighted by molar-refractivity contribution is -0.140. The van der Waals surface area contributed by atoms with Crippen molar-refractivity contribution in [2.45, 2.75) is 50.7 Å². The van der Waals surface area contributed by atoms with Gasteiger partial charge >= 0.3 is 0 Å². The van der Waals surface area contributed by atoms with E-state index in [1.54, 1.807) is 0 Å². The molecule has 1 heterocycles. The molecule has 1 fully saturated rings. The van der Waals surface area contributed by atoms with E-state index in [9.17, 15) is 5.11 Å². The third kappa shape index (κ3) is 2.84. The number of halogens is 1. The van der Waals surface area contributed by atoms with Crippen LogP contribution in [-0.4, -0.2) is 17.3 Å². The first kappa shape index (κ1) is 13.3. The number of ether oxygens (including phenoxy) is 1. The van der Waals surface area contributed by atoms with E-state index in [1.165, 1.54) is 17.8 Å². The second kappa shape index (κ2) is 5.70. The van der Waals surface area contributed by atoms with Gasteiger partial charge < -0.3 is 9.84 Å². The summed E-state index contributed by atoms with van der Waals surface area (Å²) in [7, 11) is 0. The van der Waals surface area contributed by atoms with E-state index < -0.39 is 6.10 Å². The predicted molar refractivity (Wildman–Crippen MR) is 71.7 cm³/mol. The van der Waals surface area contributed by atoms with E-state index in [0.717, 1.165) is 34.9 Å². The highest BCUT2D eigenvalue weighted by Crippen LogP contribution is 2.43. The van der Waals surface area contributed by atoms with Gasteiger partial charge in [0.1, 0.15) is 6.10 Å². The molecule has 1 saturated carbocycles. The van der Waals surface area contributed by atoms with Crippen LogP contribution < -0.4 is 0 Å². The van der Waals surface area contributed by atoms with Crippen LogP contribution in [0.2, 0.25) is 4.34 Å². The van der Waals surface area contributed by atoms with Crippen LogP contribution >= 0.6 is 22.9 Å². The molecule has 0 aromatic carbocycles. The van der Waals surface area contributed by atoms with Gasteiger partial charge in [0.15, 0.2) is 0 Å². The second-order valence-electron chi connectivity index (χ2n) is 4.60. The van der Waals surface area contributed by atoms with E-state index in [-0.39, 0.29) is 5.60 Å². The molecule has 1 aromatic heterocycles. The zero-order chi connectivity index (χ0) is 12.3. The van der Waals surface area contributed by atoms with Crippen LogP contribution in [0.1, 0.15) is 50.0 Å². The van der Waals surface area contributed by atoms with E-state index in [1.807, 2.05) is 19.1 Å². The molecule has 2 nitrogen and oxygen atoms in total. The van der Waals surface area contributed by atoms with Gasteiger partial charge in [-0.25, -0.2) is 0 Å². The van der Waals surface area contributed by atoms with Crippen LogP contribution in [-0.2, 0) is 4.74 Å². The van der Waals surface area contributed by atoms with E-state index >= 15 is 0 Å². The number of rotatable bonds is 4. The van der Waals surface area contributed by atoms with Crippen molar-refractivity contribution in [2.75, 3.05) is 6.61 Å². The molecule has 4 heteroatoms. The fourth-order valence-electron chi connectivity index (χ4n) is 2.67. The fourth-order valence-corrected chi connectivity index (χ4v) is 3.82. The predicted octanol–water partition coefficient (Wildman–Crippen LogP) is 4.17. The summed E-state index contributed by atoms with van der Waals surface area (Å²) in [5.74, 6) is 0. The molecule has 17 heavy (non-hydrogen) atoms. The average molecular weight is 275 g/mol. The zero-order valence-electron chi connectivity index (χ0n) is 10.1. The van der Waals surface area contributed by atoms with Gasteiger partial charge in [-0.15, -0.1) is 11.3 Å². The Balaban J connectivity index is 2.20. The molecule has 96 valence electrons. The maximum Gasteiger partial charge on any atom is 0.117 e. The van der Waals surface area contributed by atoms with Crippen molar-refractivity contribution in [3.05, 3.63) is 21.3 Å². The normalized spacial score (nSPS) is 21.4. The molecule has 1 aromatic rings. The Labute approximate surface area is 112 Å². The summed E-state index contributed by atoms with van der Waals surface area (Å²) in [6.45, 7) is 2.64. The summed E-state index contributed by atoms with van der Waals surface area (Å²) >= 11 is 7.38. The standard InChI is InChI=1S/C13H19ClO2S/c1-2-16-13(8-4-3-5-9-13)12(15)10-6-7-11(14)17-10/h6-7,12,15H,2-5,8-9H2,1H3. The lowest BCUT2D eigenvalue weighted by Gasteiger charge is -2.40. The summed E-state index contributed by atoms with van der Waals surface area (Å²) in [4.78, 5) is 0.922. The van der Waals surface area contributed by atoms with Gasteiger partial charge in [-0.3, -0.25) is 0 Å². The minimum absolute atomic E-state index is 0.388. The Morgan fingerprint density at radius 2 is 2.12 bits per heavy atom. The topological polar surface area (TPSA) is 29.5 Å². The van der Waals surface area contributed by atoms with Crippen LogP contribution in [0.3, 0.4) is 0 Å². The van der Waals surface area contributed by atoms with Crippen LogP contribution in [0.25, 0.3) is 0 Å². The van der Waals surface area contributed by atoms with Gasteiger partial charge in [-0.05, 0) is 31.9 Å². The van der Waals surface area contributed by atoms with Crippen molar-refractivity contribution >= 4 is 22.9 Å². The Morgan fingerprint density at radius 1 is 1.41 bits per heavy atom. The maximum atomic E-state index is 10.6. The number of hydrogen-bond donors (Lipinski definition) is 1. The summed E-state index contributed by atoms with van der Waals surface area (Å²) in [6.07, 6.45) is 4.86. The molecule has 1 N–H and O–H groups in total. The minimum atomic E-state index is -0.541. The van der Waals surface area contributed by atoms with E-state index in [2.05, 4.69) is 0 Å². The van der Waals surface area contributed by atoms with E-state index in [4.69, 9.17) is 16.3 Å². The first-order chi connectivity index (χ1) is 8.18. The highest BCUT2D eigenvalue weighted by atomic mass is 35.5. The van der Waals surface area contributed by atoms with Gasteiger partial charge in [0.25, 0.3) is 0 Å². The molecule has 0 saturated heterocycles. The molecule has 1 aliphatic carbocycles. The molecule has 1 unspecified atom stereocenters. The summed E-state index contributed by atoms with van der Waals surface area (Å²) < 4.78 is 6.63. The number of aliphatic hydroxyl groups is 1. The molecule has 0 bridgehead atoms. The summed E-state index contributed by atoms with van der Waals surface area (Å²) in [6, 6.07) is 3.75. The van der Waals surface area contributed by atoms with Crippen molar-refractivity contribution in [2.24, 2.45) is 0 Å². The number of hydrogen-bond acceptors (Lipinski definition) is 3. The van der Waals surface area contributed by atoms with E-state index in [0.29, 0.717) is 6.61 Å². The smallest absolute Gasteiger partial charge is 0.117 e. The monoisotopic (exact) mass is 274 g/mol. The summed E-state index contributed by atoms with van der Waals surface area (Å²) in [5, 5.41) is 10.6. The van der Waals surface area contributed by atoms with Crippen molar-refractivity contribution in [1.29, 1.82) is 0 Å². The van der Waals surface area contributed by atoms with Crippen molar-refractivity contribution in [3.63, 3.8) is 0 Å². The fraction of sp³-hybridized carbons (Fsp3) is 0.692. The Hall–Kier alpha value is -0.0900. The third-order valence-corrected chi connectivity index (χ3v) is 4.78. The van der Waals surface area contributed by atoms with Gasteiger partial charge in [0, 0.05) is 11.5 Å². The molecule has 0 aliphatic heterocycles. The largest absolute Gasteiger partial charge is 0.385 e.